The van der Waals surface area contributed by atoms with Gasteiger partial charge in [0, 0.05) is 33.9 Å². The van der Waals surface area contributed by atoms with E-state index >= 15 is 0 Å². The molecule has 0 saturated carbocycles. The number of nitrogen functional groups attached to an aromatic ring is 1. The van der Waals surface area contributed by atoms with Crippen LogP contribution in [0.25, 0.3) is 10.9 Å². The molecule has 0 atom stereocenters. The van der Waals surface area contributed by atoms with Gasteiger partial charge in [-0.3, -0.25) is 4.79 Å². The van der Waals surface area contributed by atoms with Gasteiger partial charge < -0.3 is 10.7 Å². The van der Waals surface area contributed by atoms with E-state index in [4.69, 9.17) is 5.73 Å². The predicted molar refractivity (Wildman–Crippen MR) is 72.5 cm³/mol. The quantitative estimate of drug-likeness (QED) is 0.545. The largest absolute Gasteiger partial charge is 0.398 e. The average Bonchev–Trinajstić information content (AvgIpc) is 2.81. The summed E-state index contributed by atoms with van der Waals surface area (Å²) >= 11 is 0. The number of halogens is 1. The molecule has 0 radical (unpaired) electrons. The molecule has 2 aromatic carbocycles. The van der Waals surface area contributed by atoms with Crippen molar-refractivity contribution in [3.05, 3.63) is 65.6 Å². The van der Waals surface area contributed by atoms with E-state index in [1.807, 2.05) is 0 Å². The van der Waals surface area contributed by atoms with Crippen LogP contribution in [-0.4, -0.2) is 10.8 Å². The molecule has 0 aliphatic carbocycles. The number of aromatic amines is 1. The summed E-state index contributed by atoms with van der Waals surface area (Å²) in [5.74, 6) is -0.511. The van der Waals surface area contributed by atoms with E-state index in [-0.39, 0.29) is 11.6 Å². The van der Waals surface area contributed by atoms with E-state index in [0.717, 1.165) is 0 Å². The van der Waals surface area contributed by atoms with Crippen LogP contribution in [0.15, 0.2) is 48.7 Å². The van der Waals surface area contributed by atoms with E-state index in [2.05, 4.69) is 4.98 Å². The Hall–Kier alpha value is -2.62. The fourth-order valence-electron chi connectivity index (χ4n) is 2.14. The summed E-state index contributed by atoms with van der Waals surface area (Å²) in [5.41, 5.74) is 7.78. The van der Waals surface area contributed by atoms with Gasteiger partial charge in [0.05, 0.1) is 0 Å². The molecule has 0 spiro atoms. The number of fused-ring (bicyclic) bond motifs is 1. The molecular formula is C15H11FN2O. The minimum atomic E-state index is -0.340. The lowest BCUT2D eigenvalue weighted by Crippen LogP contribution is -2.04. The first-order valence-corrected chi connectivity index (χ1v) is 5.82. The van der Waals surface area contributed by atoms with Gasteiger partial charge in [-0.25, -0.2) is 4.39 Å². The Morgan fingerprint density at radius 1 is 1.11 bits per heavy atom. The van der Waals surface area contributed by atoms with Crippen molar-refractivity contribution in [3.8, 4) is 0 Å². The van der Waals surface area contributed by atoms with Gasteiger partial charge in [0.25, 0.3) is 0 Å². The second kappa shape index (κ2) is 4.24. The van der Waals surface area contributed by atoms with Crippen LogP contribution in [0.4, 0.5) is 10.1 Å². The Morgan fingerprint density at radius 2 is 1.89 bits per heavy atom. The third-order valence-corrected chi connectivity index (χ3v) is 3.09. The van der Waals surface area contributed by atoms with Crippen LogP contribution in [0.5, 0.6) is 0 Å². The molecule has 0 aliphatic heterocycles. The van der Waals surface area contributed by atoms with Gasteiger partial charge in [0.1, 0.15) is 5.82 Å². The number of ketones is 1. The van der Waals surface area contributed by atoms with E-state index in [0.29, 0.717) is 27.7 Å². The number of aromatic nitrogens is 1. The standard InChI is InChI=1S/C15H11FN2O/c16-9-5-6-10-12(8-18-14(10)7-9)15(19)11-3-1-2-4-13(11)17/h1-8,18H,17H2. The molecule has 0 unspecified atom stereocenters. The number of rotatable bonds is 2. The van der Waals surface area contributed by atoms with Crippen LogP contribution < -0.4 is 5.73 Å². The highest BCUT2D eigenvalue weighted by Crippen LogP contribution is 2.23. The van der Waals surface area contributed by atoms with Gasteiger partial charge in [-0.1, -0.05) is 12.1 Å². The summed E-state index contributed by atoms with van der Waals surface area (Å²) in [5, 5.41) is 0.689. The van der Waals surface area contributed by atoms with E-state index in [1.165, 1.54) is 12.1 Å². The number of H-pyrrole nitrogens is 1. The summed E-state index contributed by atoms with van der Waals surface area (Å²) in [7, 11) is 0. The topological polar surface area (TPSA) is 58.9 Å². The molecule has 3 aromatic rings. The summed E-state index contributed by atoms with van der Waals surface area (Å²) in [4.78, 5) is 15.3. The molecule has 0 bridgehead atoms. The minimum Gasteiger partial charge on any atom is -0.398 e. The number of nitrogens with one attached hydrogen (secondary N) is 1. The monoisotopic (exact) mass is 254 g/mol. The third-order valence-electron chi connectivity index (χ3n) is 3.09. The molecule has 19 heavy (non-hydrogen) atoms. The number of anilines is 1. The molecule has 1 heterocycles. The first-order valence-electron chi connectivity index (χ1n) is 5.82. The van der Waals surface area contributed by atoms with E-state index in [9.17, 15) is 9.18 Å². The maximum atomic E-state index is 13.1. The van der Waals surface area contributed by atoms with Crippen molar-refractivity contribution < 1.29 is 9.18 Å². The first kappa shape index (κ1) is 11.5. The number of nitrogens with two attached hydrogens (primary N) is 1. The number of para-hydroxylation sites is 1. The maximum Gasteiger partial charge on any atom is 0.197 e. The lowest BCUT2D eigenvalue weighted by atomic mass is 10.0. The normalized spacial score (nSPS) is 10.8. The van der Waals surface area contributed by atoms with Crippen LogP contribution in [0.1, 0.15) is 15.9 Å². The highest BCUT2D eigenvalue weighted by molar-refractivity contribution is 6.18. The molecule has 1 aromatic heterocycles. The maximum absolute atomic E-state index is 13.1. The molecule has 0 aliphatic rings. The van der Waals surface area contributed by atoms with Gasteiger partial charge in [-0.05, 0) is 30.3 Å². The van der Waals surface area contributed by atoms with Gasteiger partial charge in [-0.15, -0.1) is 0 Å². The molecule has 0 saturated heterocycles. The van der Waals surface area contributed by atoms with Crippen molar-refractivity contribution in [2.75, 3.05) is 5.73 Å². The average molecular weight is 254 g/mol. The third kappa shape index (κ3) is 1.87. The van der Waals surface area contributed by atoms with Crippen molar-refractivity contribution in [2.24, 2.45) is 0 Å². The van der Waals surface area contributed by atoms with Gasteiger partial charge >= 0.3 is 0 Å². The number of hydrogen-bond donors (Lipinski definition) is 2. The second-order valence-corrected chi connectivity index (χ2v) is 4.31. The number of carbonyl (C=O) groups excluding carboxylic acids is 1. The van der Waals surface area contributed by atoms with Crippen molar-refractivity contribution in [2.45, 2.75) is 0 Å². The lowest BCUT2D eigenvalue weighted by molar-refractivity contribution is 0.104. The summed E-state index contributed by atoms with van der Waals surface area (Å²) in [6.45, 7) is 0. The molecular weight excluding hydrogens is 243 g/mol. The van der Waals surface area contributed by atoms with Gasteiger partial charge in [0.15, 0.2) is 5.78 Å². The molecule has 4 heteroatoms. The Balaban J connectivity index is 2.15. The van der Waals surface area contributed by atoms with Crippen LogP contribution in [0, 0.1) is 5.82 Å². The zero-order valence-electron chi connectivity index (χ0n) is 9.98. The van der Waals surface area contributed by atoms with Crippen LogP contribution in [-0.2, 0) is 0 Å². The van der Waals surface area contributed by atoms with Crippen molar-refractivity contribution in [1.29, 1.82) is 0 Å². The molecule has 94 valence electrons. The minimum absolute atomic E-state index is 0.170. The van der Waals surface area contributed by atoms with Gasteiger partial charge in [0.2, 0.25) is 0 Å². The first-order chi connectivity index (χ1) is 9.16. The van der Waals surface area contributed by atoms with Gasteiger partial charge in [-0.2, -0.15) is 0 Å². The molecule has 3 N–H and O–H groups in total. The molecule has 0 fully saturated rings. The van der Waals surface area contributed by atoms with E-state index in [1.54, 1.807) is 36.5 Å². The molecule has 3 rings (SSSR count). The zero-order chi connectivity index (χ0) is 13.4. The fraction of sp³-hybridized carbons (Fsp3) is 0. The smallest absolute Gasteiger partial charge is 0.197 e. The van der Waals surface area contributed by atoms with E-state index < -0.39 is 0 Å². The highest BCUT2D eigenvalue weighted by atomic mass is 19.1. The second-order valence-electron chi connectivity index (χ2n) is 4.31. The fourth-order valence-corrected chi connectivity index (χ4v) is 2.14. The highest BCUT2D eigenvalue weighted by Gasteiger charge is 2.16. The predicted octanol–water partition coefficient (Wildman–Crippen LogP) is 3.12. The van der Waals surface area contributed by atoms with Crippen molar-refractivity contribution in [3.63, 3.8) is 0 Å². The molecule has 3 nitrogen and oxygen atoms in total. The van der Waals surface area contributed by atoms with Crippen molar-refractivity contribution >= 4 is 22.4 Å². The number of benzene rings is 2. The van der Waals surface area contributed by atoms with Crippen LogP contribution >= 0.6 is 0 Å². The van der Waals surface area contributed by atoms with Crippen LogP contribution in [0.2, 0.25) is 0 Å². The zero-order valence-corrected chi connectivity index (χ0v) is 9.98. The summed E-state index contributed by atoms with van der Waals surface area (Å²) in [6, 6.07) is 11.2. The Morgan fingerprint density at radius 3 is 2.68 bits per heavy atom. The Bertz CT molecular complexity index is 777. The Kier molecular flexibility index (Phi) is 2.56. The van der Waals surface area contributed by atoms with Crippen LogP contribution in [0.3, 0.4) is 0 Å². The number of carbonyl (C=O) groups is 1. The molecule has 0 amide bonds. The summed E-state index contributed by atoms with van der Waals surface area (Å²) < 4.78 is 13.1. The SMILES string of the molecule is Nc1ccccc1C(=O)c1c[nH]c2cc(F)ccc12. The summed E-state index contributed by atoms with van der Waals surface area (Å²) in [6.07, 6.45) is 1.58. The lowest BCUT2D eigenvalue weighted by Gasteiger charge is -2.03. The van der Waals surface area contributed by atoms with Crippen molar-refractivity contribution in [1.82, 2.24) is 4.98 Å². The Labute approximate surface area is 108 Å². The number of hydrogen-bond acceptors (Lipinski definition) is 2.